The number of benzene rings is 1. The predicted octanol–water partition coefficient (Wildman–Crippen LogP) is 2.57. The van der Waals surface area contributed by atoms with Gasteiger partial charge in [-0.3, -0.25) is 0 Å². The van der Waals surface area contributed by atoms with Gasteiger partial charge in [-0.25, -0.2) is 4.79 Å². The number of rotatable bonds is 1. The van der Waals surface area contributed by atoms with Crippen LogP contribution in [-0.4, -0.2) is 18.3 Å². The molecule has 0 amide bonds. The highest BCUT2D eigenvalue weighted by Crippen LogP contribution is 2.54. The van der Waals surface area contributed by atoms with Crippen LogP contribution in [0.4, 0.5) is 0 Å². The van der Waals surface area contributed by atoms with Crippen LogP contribution in [0.3, 0.4) is 0 Å². The summed E-state index contributed by atoms with van der Waals surface area (Å²) in [6, 6.07) is 2.90. The van der Waals surface area contributed by atoms with Crippen LogP contribution in [0.2, 0.25) is 0 Å². The van der Waals surface area contributed by atoms with E-state index in [1.54, 1.807) is 6.07 Å². The number of ether oxygens (including phenoxy) is 2. The second-order valence-electron chi connectivity index (χ2n) is 5.56. The summed E-state index contributed by atoms with van der Waals surface area (Å²) in [5, 5.41) is 10.9. The predicted molar refractivity (Wildman–Crippen MR) is 73.8 cm³/mol. The fourth-order valence-corrected chi connectivity index (χ4v) is 2.67. The summed E-state index contributed by atoms with van der Waals surface area (Å²) in [4.78, 5) is 11.5. The van der Waals surface area contributed by atoms with Gasteiger partial charge in [0.05, 0.1) is 18.1 Å². The second kappa shape index (κ2) is 3.91. The molecular formula is C15H16O5. The van der Waals surface area contributed by atoms with E-state index in [1.165, 1.54) is 13.2 Å². The number of hydrogen-bond acceptors (Lipinski definition) is 5. The molecule has 0 unspecified atom stereocenters. The van der Waals surface area contributed by atoms with Gasteiger partial charge in [0.15, 0.2) is 11.5 Å². The Morgan fingerprint density at radius 2 is 2.05 bits per heavy atom. The highest BCUT2D eigenvalue weighted by atomic mass is 16.5. The summed E-state index contributed by atoms with van der Waals surface area (Å²) < 4.78 is 16.3. The number of fused-ring (bicyclic) bond motifs is 3. The molecule has 1 aliphatic heterocycles. The van der Waals surface area contributed by atoms with Gasteiger partial charge in [0, 0.05) is 11.5 Å². The summed E-state index contributed by atoms with van der Waals surface area (Å²) in [5.41, 5.74) is 0.296. The van der Waals surface area contributed by atoms with E-state index in [2.05, 4.69) is 0 Å². The monoisotopic (exact) mass is 276 g/mol. The topological polar surface area (TPSA) is 68.9 Å². The van der Waals surface area contributed by atoms with Crippen molar-refractivity contribution in [1.82, 2.24) is 0 Å². The quantitative estimate of drug-likeness (QED) is 0.811. The van der Waals surface area contributed by atoms with Gasteiger partial charge in [-0.05, 0) is 13.0 Å². The summed E-state index contributed by atoms with van der Waals surface area (Å²) in [6.07, 6.45) is -0.149. The zero-order valence-electron chi connectivity index (χ0n) is 11.8. The lowest BCUT2D eigenvalue weighted by atomic mass is 9.80. The average molecular weight is 276 g/mol. The molecule has 0 aliphatic carbocycles. The maximum atomic E-state index is 11.5. The zero-order chi connectivity index (χ0) is 14.7. The molecule has 0 saturated heterocycles. The van der Waals surface area contributed by atoms with E-state index < -0.39 is 5.63 Å². The van der Waals surface area contributed by atoms with Crippen molar-refractivity contribution in [2.24, 2.45) is 0 Å². The van der Waals surface area contributed by atoms with Gasteiger partial charge in [0.1, 0.15) is 11.7 Å². The van der Waals surface area contributed by atoms with E-state index in [0.29, 0.717) is 22.3 Å². The summed E-state index contributed by atoms with van der Waals surface area (Å²) in [6.45, 7) is 5.89. The molecule has 1 N–H and O–H groups in total. The highest BCUT2D eigenvalue weighted by molar-refractivity contribution is 5.93. The maximum absolute atomic E-state index is 11.5. The van der Waals surface area contributed by atoms with Crippen LogP contribution in [0.5, 0.6) is 17.2 Å². The van der Waals surface area contributed by atoms with Gasteiger partial charge < -0.3 is 19.0 Å². The Morgan fingerprint density at radius 3 is 2.70 bits per heavy atom. The third-order valence-electron chi connectivity index (χ3n) is 4.12. The van der Waals surface area contributed by atoms with Gasteiger partial charge in [0.2, 0.25) is 5.75 Å². The van der Waals surface area contributed by atoms with Crippen LogP contribution in [0.25, 0.3) is 11.0 Å². The van der Waals surface area contributed by atoms with Crippen molar-refractivity contribution in [2.45, 2.75) is 32.3 Å². The molecule has 20 heavy (non-hydrogen) atoms. The summed E-state index contributed by atoms with van der Waals surface area (Å²) >= 11 is 0. The molecule has 0 spiro atoms. The minimum Gasteiger partial charge on any atom is -0.502 e. The molecule has 1 aliphatic rings. The van der Waals surface area contributed by atoms with Crippen molar-refractivity contribution in [1.29, 1.82) is 0 Å². The minimum atomic E-state index is -0.442. The molecule has 2 aromatic rings. The first-order chi connectivity index (χ1) is 9.37. The summed E-state index contributed by atoms with van der Waals surface area (Å²) in [5.74, 6) is 0.537. The van der Waals surface area contributed by atoms with Gasteiger partial charge in [0.25, 0.3) is 0 Å². The van der Waals surface area contributed by atoms with E-state index in [0.717, 1.165) is 0 Å². The minimum absolute atomic E-state index is 0.0544. The fraction of sp³-hybridized carbons (Fsp3) is 0.400. The lowest BCUT2D eigenvalue weighted by molar-refractivity contribution is 0.180. The van der Waals surface area contributed by atoms with Gasteiger partial charge in [-0.15, -0.1) is 0 Å². The molecule has 5 nitrogen and oxygen atoms in total. The van der Waals surface area contributed by atoms with Gasteiger partial charge in [-0.1, -0.05) is 13.8 Å². The van der Waals surface area contributed by atoms with Crippen molar-refractivity contribution >= 4 is 11.0 Å². The van der Waals surface area contributed by atoms with Crippen LogP contribution in [0.1, 0.15) is 26.3 Å². The largest absolute Gasteiger partial charge is 0.502 e. The van der Waals surface area contributed by atoms with Crippen LogP contribution < -0.4 is 15.1 Å². The molecule has 0 saturated carbocycles. The van der Waals surface area contributed by atoms with Crippen molar-refractivity contribution < 1.29 is 19.0 Å². The Hall–Kier alpha value is -2.17. The molecule has 1 atom stereocenters. The van der Waals surface area contributed by atoms with Crippen LogP contribution >= 0.6 is 0 Å². The number of methoxy groups -OCH3 is 1. The van der Waals surface area contributed by atoms with Crippen LogP contribution in [0.15, 0.2) is 21.3 Å². The molecule has 0 bridgehead atoms. The van der Waals surface area contributed by atoms with E-state index in [9.17, 15) is 9.90 Å². The van der Waals surface area contributed by atoms with E-state index >= 15 is 0 Å². The number of phenolic OH excluding ortho intramolecular Hbond substituents is 1. The molecular weight excluding hydrogens is 260 g/mol. The lowest BCUT2D eigenvalue weighted by Crippen LogP contribution is -2.29. The molecule has 3 rings (SSSR count). The molecule has 1 aromatic carbocycles. The van der Waals surface area contributed by atoms with Crippen LogP contribution in [0, 0.1) is 0 Å². The first kappa shape index (κ1) is 12.8. The Morgan fingerprint density at radius 1 is 1.35 bits per heavy atom. The Labute approximate surface area is 115 Å². The van der Waals surface area contributed by atoms with E-state index in [4.69, 9.17) is 13.9 Å². The van der Waals surface area contributed by atoms with Crippen LogP contribution in [-0.2, 0) is 5.41 Å². The third kappa shape index (κ3) is 1.46. The molecule has 1 aromatic heterocycles. The molecule has 5 heteroatoms. The lowest BCUT2D eigenvalue weighted by Gasteiger charge is -2.22. The second-order valence-corrected chi connectivity index (χ2v) is 5.56. The van der Waals surface area contributed by atoms with Gasteiger partial charge >= 0.3 is 5.63 Å². The molecule has 0 fully saturated rings. The van der Waals surface area contributed by atoms with Crippen molar-refractivity contribution in [3.63, 3.8) is 0 Å². The van der Waals surface area contributed by atoms with E-state index in [1.807, 2.05) is 20.8 Å². The maximum Gasteiger partial charge on any atom is 0.336 e. The molecule has 0 radical (unpaired) electrons. The number of phenols is 1. The SMILES string of the molecule is COc1c(O)c2c(c3oc(=O)ccc13)C(C)(C)[C@H](C)O2. The summed E-state index contributed by atoms with van der Waals surface area (Å²) in [7, 11) is 1.45. The fourth-order valence-electron chi connectivity index (χ4n) is 2.67. The van der Waals surface area contributed by atoms with Crippen molar-refractivity contribution in [3.8, 4) is 17.2 Å². The molecule has 106 valence electrons. The van der Waals surface area contributed by atoms with Crippen molar-refractivity contribution in [2.75, 3.05) is 7.11 Å². The van der Waals surface area contributed by atoms with Gasteiger partial charge in [-0.2, -0.15) is 0 Å². The van der Waals surface area contributed by atoms with Crippen molar-refractivity contribution in [3.05, 3.63) is 28.1 Å². The Balaban J connectivity index is 2.54. The smallest absolute Gasteiger partial charge is 0.336 e. The Bertz CT molecular complexity index is 757. The molecule has 2 heterocycles. The van der Waals surface area contributed by atoms with E-state index in [-0.39, 0.29) is 23.0 Å². The number of hydrogen-bond donors (Lipinski definition) is 1. The zero-order valence-corrected chi connectivity index (χ0v) is 11.8. The standard InChI is InChI=1S/C15H16O5/c1-7-15(2,3)10-12-8(5-6-9(16)20-12)13(18-4)11(17)14(10)19-7/h5-7,17H,1-4H3/t7-/m0/s1. The normalized spacial score (nSPS) is 19.7. The highest BCUT2D eigenvalue weighted by Gasteiger charge is 2.44. The third-order valence-corrected chi connectivity index (χ3v) is 4.12. The first-order valence-corrected chi connectivity index (χ1v) is 6.41. The average Bonchev–Trinajstić information content (AvgIpc) is 2.63. The first-order valence-electron chi connectivity index (χ1n) is 6.41. The Kier molecular flexibility index (Phi) is 2.51. The number of aromatic hydroxyl groups is 1.